The fourth-order valence-corrected chi connectivity index (χ4v) is 1.60. The Morgan fingerprint density at radius 3 is 2.50 bits per heavy atom. The van der Waals surface area contributed by atoms with Gasteiger partial charge in [-0.25, -0.2) is 9.37 Å². The maximum Gasteiger partial charge on any atom is 0.335 e. The molecule has 1 aromatic rings. The van der Waals surface area contributed by atoms with E-state index >= 15 is 0 Å². The highest BCUT2D eigenvalue weighted by atomic mass is 79.9. The highest BCUT2D eigenvalue weighted by Crippen LogP contribution is 2.19. The summed E-state index contributed by atoms with van der Waals surface area (Å²) in [7, 11) is -5.00. The monoisotopic (exact) mass is 257 g/mol. The van der Waals surface area contributed by atoms with E-state index in [2.05, 4.69) is 20.9 Å². The van der Waals surface area contributed by atoms with Gasteiger partial charge < -0.3 is 0 Å². The van der Waals surface area contributed by atoms with Gasteiger partial charge in [0.25, 0.3) is 0 Å². The molecule has 1 rings (SSSR count). The molecule has 3 nitrogen and oxygen atoms in total. The fourth-order valence-electron chi connectivity index (χ4n) is 0.583. The summed E-state index contributed by atoms with van der Waals surface area (Å²) in [4.78, 5) is 2.35. The first-order chi connectivity index (χ1) is 5.41. The van der Waals surface area contributed by atoms with Crippen molar-refractivity contribution in [2.75, 3.05) is 0 Å². The van der Waals surface area contributed by atoms with E-state index < -0.39 is 20.9 Å². The molecule has 0 N–H and O–H groups in total. The van der Waals surface area contributed by atoms with Gasteiger partial charge in [0.05, 0.1) is 6.20 Å². The maximum atomic E-state index is 12.6. The van der Waals surface area contributed by atoms with Crippen molar-refractivity contribution in [3.63, 3.8) is 0 Å². The molecule has 0 aliphatic rings. The summed E-state index contributed by atoms with van der Waals surface area (Å²) < 4.78 is 45.4. The SMILES string of the molecule is O=S(=O)(F)c1cc(Br)ncc1F. The predicted molar refractivity (Wildman–Crippen MR) is 40.2 cm³/mol. The lowest BCUT2D eigenvalue weighted by molar-refractivity contribution is 0.531. The van der Waals surface area contributed by atoms with E-state index in [0.717, 1.165) is 6.07 Å². The van der Waals surface area contributed by atoms with Crippen molar-refractivity contribution in [2.45, 2.75) is 4.90 Å². The molecule has 0 amide bonds. The molecule has 0 unspecified atom stereocenters. The number of halogens is 3. The average molecular weight is 258 g/mol. The highest BCUT2D eigenvalue weighted by molar-refractivity contribution is 9.10. The molecule has 66 valence electrons. The van der Waals surface area contributed by atoms with Gasteiger partial charge in [-0.2, -0.15) is 8.42 Å². The fraction of sp³-hybridized carbons (Fsp3) is 0. The number of aromatic nitrogens is 1. The molecule has 0 radical (unpaired) electrons. The van der Waals surface area contributed by atoms with Crippen LogP contribution in [0.5, 0.6) is 0 Å². The van der Waals surface area contributed by atoms with Crippen molar-refractivity contribution in [2.24, 2.45) is 0 Å². The third-order valence-corrected chi connectivity index (χ3v) is 2.32. The van der Waals surface area contributed by atoms with Gasteiger partial charge >= 0.3 is 10.2 Å². The highest BCUT2D eigenvalue weighted by Gasteiger charge is 2.18. The smallest absolute Gasteiger partial charge is 0.246 e. The molecular weight excluding hydrogens is 256 g/mol. The number of pyridine rings is 1. The third-order valence-electron chi connectivity index (χ3n) is 1.05. The van der Waals surface area contributed by atoms with Crippen LogP contribution in [0, 0.1) is 5.82 Å². The average Bonchev–Trinajstić information content (AvgIpc) is 1.92. The lowest BCUT2D eigenvalue weighted by Gasteiger charge is -1.96. The minimum atomic E-state index is -5.00. The zero-order chi connectivity index (χ0) is 9.35. The first-order valence-electron chi connectivity index (χ1n) is 2.67. The Balaban J connectivity index is 3.43. The molecule has 0 saturated carbocycles. The minimum Gasteiger partial charge on any atom is -0.246 e. The van der Waals surface area contributed by atoms with Gasteiger partial charge in [0, 0.05) is 0 Å². The van der Waals surface area contributed by atoms with E-state index in [4.69, 9.17) is 0 Å². The van der Waals surface area contributed by atoms with Gasteiger partial charge in [-0.3, -0.25) is 0 Å². The molecule has 0 spiro atoms. The first-order valence-corrected chi connectivity index (χ1v) is 4.84. The summed E-state index contributed by atoms with van der Waals surface area (Å²) in [5, 5.41) is 0. The van der Waals surface area contributed by atoms with Crippen LogP contribution in [0.15, 0.2) is 21.8 Å². The van der Waals surface area contributed by atoms with Gasteiger partial charge in [0.1, 0.15) is 9.50 Å². The summed E-state index contributed by atoms with van der Waals surface area (Å²) in [6.45, 7) is 0. The molecule has 0 bridgehead atoms. The molecule has 0 fully saturated rings. The topological polar surface area (TPSA) is 47.0 Å². The van der Waals surface area contributed by atoms with Crippen molar-refractivity contribution in [1.29, 1.82) is 0 Å². The Morgan fingerprint density at radius 2 is 2.08 bits per heavy atom. The van der Waals surface area contributed by atoms with E-state index in [1.165, 1.54) is 0 Å². The normalized spacial score (nSPS) is 11.6. The first kappa shape index (κ1) is 9.53. The van der Waals surface area contributed by atoms with Crippen LogP contribution < -0.4 is 0 Å². The van der Waals surface area contributed by atoms with E-state index in [-0.39, 0.29) is 4.60 Å². The second kappa shape index (κ2) is 3.06. The molecule has 0 aliphatic heterocycles. The predicted octanol–water partition coefficient (Wildman–Crippen LogP) is 1.64. The van der Waals surface area contributed by atoms with Gasteiger partial charge in [-0.1, -0.05) is 0 Å². The summed E-state index contributed by atoms with van der Waals surface area (Å²) in [5.41, 5.74) is 0. The summed E-state index contributed by atoms with van der Waals surface area (Å²) in [5.74, 6) is -1.21. The molecule has 0 atom stereocenters. The Labute approximate surface area is 75.8 Å². The van der Waals surface area contributed by atoms with E-state index in [1.807, 2.05) is 0 Å². The third kappa shape index (κ3) is 1.98. The van der Waals surface area contributed by atoms with Gasteiger partial charge in [0.15, 0.2) is 5.82 Å². The lowest BCUT2D eigenvalue weighted by Crippen LogP contribution is -1.97. The Kier molecular flexibility index (Phi) is 2.43. The quantitative estimate of drug-likeness (QED) is 0.568. The van der Waals surface area contributed by atoms with Crippen LogP contribution in [0.25, 0.3) is 0 Å². The van der Waals surface area contributed by atoms with Crippen LogP contribution in [-0.2, 0) is 10.2 Å². The van der Waals surface area contributed by atoms with Crippen LogP contribution in [0.4, 0.5) is 8.28 Å². The zero-order valence-electron chi connectivity index (χ0n) is 5.46. The van der Waals surface area contributed by atoms with Crippen LogP contribution in [-0.4, -0.2) is 13.4 Å². The molecule has 1 aromatic heterocycles. The molecule has 0 aliphatic carbocycles. The summed E-state index contributed by atoms with van der Waals surface area (Å²) in [6, 6.07) is 0.755. The molecule has 12 heavy (non-hydrogen) atoms. The Hall–Kier alpha value is -0.560. The van der Waals surface area contributed by atoms with Crippen molar-refractivity contribution in [3.05, 3.63) is 22.7 Å². The Bertz CT molecular complexity index is 406. The van der Waals surface area contributed by atoms with Crippen molar-refractivity contribution in [1.82, 2.24) is 4.98 Å². The second-order valence-corrected chi connectivity index (χ2v) is 4.00. The van der Waals surface area contributed by atoms with Crippen LogP contribution in [0.3, 0.4) is 0 Å². The van der Waals surface area contributed by atoms with Crippen LogP contribution >= 0.6 is 15.9 Å². The largest absolute Gasteiger partial charge is 0.335 e. The van der Waals surface area contributed by atoms with Crippen molar-refractivity contribution >= 4 is 26.2 Å². The van der Waals surface area contributed by atoms with Gasteiger partial charge in [-0.05, 0) is 22.0 Å². The molecule has 0 saturated heterocycles. The van der Waals surface area contributed by atoms with Gasteiger partial charge in [0.2, 0.25) is 0 Å². The summed E-state index contributed by atoms with van der Waals surface area (Å²) in [6.07, 6.45) is 0.622. The molecule has 0 aromatic carbocycles. The van der Waals surface area contributed by atoms with E-state index in [0.29, 0.717) is 6.20 Å². The molecule has 7 heteroatoms. The van der Waals surface area contributed by atoms with Crippen molar-refractivity contribution in [3.8, 4) is 0 Å². The van der Waals surface area contributed by atoms with Crippen LogP contribution in [0.2, 0.25) is 0 Å². The zero-order valence-corrected chi connectivity index (χ0v) is 7.86. The number of hydrogen-bond donors (Lipinski definition) is 0. The number of nitrogens with zero attached hydrogens (tertiary/aromatic N) is 1. The number of hydrogen-bond acceptors (Lipinski definition) is 3. The second-order valence-electron chi connectivity index (χ2n) is 1.88. The van der Waals surface area contributed by atoms with E-state index in [9.17, 15) is 16.7 Å². The number of rotatable bonds is 1. The minimum absolute atomic E-state index is 0.0557. The van der Waals surface area contributed by atoms with Crippen LogP contribution in [0.1, 0.15) is 0 Å². The molecule has 1 heterocycles. The maximum absolute atomic E-state index is 12.6. The standard InChI is InChI=1S/C5H2BrF2NO2S/c6-5-1-4(12(8,10)11)3(7)2-9-5/h1-2H. The summed E-state index contributed by atoms with van der Waals surface area (Å²) >= 11 is 2.78. The van der Waals surface area contributed by atoms with Gasteiger partial charge in [-0.15, -0.1) is 3.89 Å². The lowest BCUT2D eigenvalue weighted by atomic mass is 10.5. The Morgan fingerprint density at radius 1 is 1.50 bits per heavy atom. The van der Waals surface area contributed by atoms with Crippen molar-refractivity contribution < 1.29 is 16.7 Å². The van der Waals surface area contributed by atoms with E-state index in [1.54, 1.807) is 0 Å². The molecular formula is C5H2BrF2NO2S.